The van der Waals surface area contributed by atoms with Crippen LogP contribution in [0, 0.1) is 0 Å². The van der Waals surface area contributed by atoms with E-state index in [1.165, 1.54) is 0 Å². The summed E-state index contributed by atoms with van der Waals surface area (Å²) in [5, 5.41) is 0. The van der Waals surface area contributed by atoms with E-state index in [9.17, 15) is 0 Å². The minimum Gasteiger partial charge on any atom is -1.00 e. The van der Waals surface area contributed by atoms with Gasteiger partial charge in [0, 0.05) is 0 Å². The van der Waals surface area contributed by atoms with Gasteiger partial charge in [-0.1, -0.05) is 0 Å². The Hall–Kier alpha value is 5.46. The topological polar surface area (TPSA) is 360 Å². The van der Waals surface area contributed by atoms with Crippen molar-refractivity contribution in [2.45, 2.75) is 0 Å². The average Bonchev–Trinajstić information content (AvgIpc) is 0. The molecule has 0 atom stereocenters. The third-order valence-corrected chi connectivity index (χ3v) is 0. The Bertz CT molecular complexity index is 27.6. The molecule has 0 unspecified atom stereocenters. The molecule has 0 saturated carbocycles. The Morgan fingerprint density at radius 3 is 0.143 bits per heavy atom. The van der Waals surface area contributed by atoms with Crippen molar-refractivity contribution >= 4 is 161 Å². The molecule has 0 aromatic rings. The van der Waals surface area contributed by atoms with Gasteiger partial charge in [-0.3, -0.25) is 0 Å². The first-order valence-electron chi connectivity index (χ1n) is 0. The quantitative estimate of drug-likeness (QED) is 0.313. The zero-order valence-corrected chi connectivity index (χ0v) is 22.5. The maximum Gasteiger partial charge on any atom is 2.00 e. The zero-order valence-electron chi connectivity index (χ0n) is 11.1. The van der Waals surface area contributed by atoms with E-state index in [2.05, 4.69) is 0 Å². The maximum absolute atomic E-state index is 0. The van der Waals surface area contributed by atoms with E-state index in [1.807, 2.05) is 0 Å². The molecule has 0 fully saturated rings. The smallest absolute Gasteiger partial charge is 1.00 e. The van der Waals surface area contributed by atoms with Crippen LogP contribution in [-0.2, 0) is 0 Å². The van der Waals surface area contributed by atoms with Gasteiger partial charge in [-0.05, 0) is 0 Å². The Labute approximate surface area is 247 Å². The third-order valence-electron chi connectivity index (χ3n) is 0. The Morgan fingerprint density at radius 2 is 0.143 bits per heavy atom. The normalized spacial score (nSPS) is 0. The SMILES string of the molecule is [Cl-].[Cl-].[Mg+2].[Mg+2].[Mg+2].[Mg+2].[Mg+2].[Mg+2].[Mg+2].[OH-].[OH-].[OH-].[OH-].[OH-].[OH-].[OH-].[OH-].[OH-].[OH-].[OH-].[OH-]. The summed E-state index contributed by atoms with van der Waals surface area (Å²) in [6.07, 6.45) is 0. The Kier molecular flexibility index (Phi) is 14000. The molecule has 0 radical (unpaired) electrons. The second-order valence-electron chi connectivity index (χ2n) is 0. The maximum atomic E-state index is 0. The second-order valence-corrected chi connectivity index (χ2v) is 0. The van der Waals surface area contributed by atoms with Gasteiger partial charge in [-0.25, -0.2) is 0 Å². The molecule has 0 aromatic heterocycles. The number of hydrogen-bond acceptors (Lipinski definition) is 12. The summed E-state index contributed by atoms with van der Waals surface area (Å²) >= 11 is 0. The predicted octanol–water partition coefficient (Wildman–Crippen LogP) is -10.8. The monoisotopic (exact) mass is 442 g/mol. The fourth-order valence-corrected chi connectivity index (χ4v) is 0. The van der Waals surface area contributed by atoms with Crippen LogP contribution in [0.5, 0.6) is 0 Å². The van der Waals surface area contributed by atoms with Crippen LogP contribution in [0.4, 0.5) is 0 Å². The van der Waals surface area contributed by atoms with Gasteiger partial charge >= 0.3 is 161 Å². The molecule has 0 aromatic carbocycles. The molecular formula is H12Cl2Mg7O12. The first-order chi connectivity index (χ1) is 0. The molecule has 21 heteroatoms. The predicted molar refractivity (Wildman–Crippen MR) is 63.5 cm³/mol. The van der Waals surface area contributed by atoms with E-state index in [0.717, 1.165) is 0 Å². The molecular weight excluding hydrogens is 433 g/mol. The van der Waals surface area contributed by atoms with E-state index < -0.39 is 0 Å². The molecule has 0 rings (SSSR count). The van der Waals surface area contributed by atoms with Crippen molar-refractivity contribution < 1.29 is 90.5 Å². The van der Waals surface area contributed by atoms with E-state index in [-0.39, 0.29) is 252 Å². The van der Waals surface area contributed by atoms with E-state index in [1.54, 1.807) is 0 Å². The zero-order chi connectivity index (χ0) is 0. The molecule has 0 aliphatic rings. The van der Waals surface area contributed by atoms with Gasteiger partial charge in [0.25, 0.3) is 0 Å². The molecule has 0 amide bonds. The van der Waals surface area contributed by atoms with Crippen LogP contribution in [0.3, 0.4) is 0 Å². The summed E-state index contributed by atoms with van der Waals surface area (Å²) in [7, 11) is 0. The van der Waals surface area contributed by atoms with Gasteiger partial charge < -0.3 is 90.5 Å². The Morgan fingerprint density at radius 1 is 0.143 bits per heavy atom. The van der Waals surface area contributed by atoms with Crippen LogP contribution in [-0.4, -0.2) is 227 Å². The molecule has 21 heavy (non-hydrogen) atoms. The second kappa shape index (κ2) is 511. The molecule has 0 spiro atoms. The Balaban J connectivity index is 0. The van der Waals surface area contributed by atoms with Crippen molar-refractivity contribution in [3.8, 4) is 0 Å². The molecule has 12 N–H and O–H groups in total. The van der Waals surface area contributed by atoms with Crippen molar-refractivity contribution in [2.75, 3.05) is 0 Å². The van der Waals surface area contributed by atoms with Gasteiger partial charge in [-0.2, -0.15) is 0 Å². The van der Waals surface area contributed by atoms with Crippen molar-refractivity contribution in [1.29, 1.82) is 0 Å². The van der Waals surface area contributed by atoms with Crippen LogP contribution < -0.4 is 24.8 Å². The van der Waals surface area contributed by atoms with Crippen LogP contribution in [0.2, 0.25) is 0 Å². The third kappa shape index (κ3) is 470. The van der Waals surface area contributed by atoms with Crippen LogP contribution >= 0.6 is 0 Å². The molecule has 112 valence electrons. The molecule has 0 heterocycles. The van der Waals surface area contributed by atoms with E-state index in [4.69, 9.17) is 0 Å². The van der Waals surface area contributed by atoms with E-state index >= 15 is 0 Å². The van der Waals surface area contributed by atoms with E-state index in [0.29, 0.717) is 0 Å². The minimum atomic E-state index is 0. The molecule has 12 nitrogen and oxygen atoms in total. The summed E-state index contributed by atoms with van der Waals surface area (Å²) < 4.78 is 0. The van der Waals surface area contributed by atoms with Gasteiger partial charge in [0.15, 0.2) is 0 Å². The van der Waals surface area contributed by atoms with Crippen LogP contribution in [0.15, 0.2) is 0 Å². The summed E-state index contributed by atoms with van der Waals surface area (Å²) in [4.78, 5) is 0. The van der Waals surface area contributed by atoms with Gasteiger partial charge in [-0.15, -0.1) is 0 Å². The molecule has 0 saturated heterocycles. The largest absolute Gasteiger partial charge is 2.00 e. The van der Waals surface area contributed by atoms with Crippen LogP contribution in [0.25, 0.3) is 0 Å². The fraction of sp³-hybridized carbons (Fsp3) is 0. The number of hydrogen-bond donors (Lipinski definition) is 0. The first-order valence-corrected chi connectivity index (χ1v) is 0. The minimum absolute atomic E-state index is 0. The van der Waals surface area contributed by atoms with Gasteiger partial charge in [0.1, 0.15) is 0 Å². The van der Waals surface area contributed by atoms with Crippen LogP contribution in [0.1, 0.15) is 0 Å². The summed E-state index contributed by atoms with van der Waals surface area (Å²) in [5.74, 6) is 0. The molecule has 0 aliphatic carbocycles. The molecule has 0 bridgehead atoms. The fourth-order valence-electron chi connectivity index (χ4n) is 0. The molecule has 0 aliphatic heterocycles. The van der Waals surface area contributed by atoms with Crippen molar-refractivity contribution in [1.82, 2.24) is 0 Å². The van der Waals surface area contributed by atoms with Gasteiger partial charge in [0.05, 0.1) is 0 Å². The van der Waals surface area contributed by atoms with Crippen molar-refractivity contribution in [2.24, 2.45) is 0 Å². The summed E-state index contributed by atoms with van der Waals surface area (Å²) in [5.41, 5.74) is 0. The summed E-state index contributed by atoms with van der Waals surface area (Å²) in [6.45, 7) is 0. The van der Waals surface area contributed by atoms with Crippen molar-refractivity contribution in [3.05, 3.63) is 0 Å². The summed E-state index contributed by atoms with van der Waals surface area (Å²) in [6, 6.07) is 0. The van der Waals surface area contributed by atoms with Crippen molar-refractivity contribution in [3.63, 3.8) is 0 Å². The average molecular weight is 445 g/mol. The number of halogens is 2. The first kappa shape index (κ1) is 575. The standard InChI is InChI=1S/2ClH.7Mg.12H2O/h2*1H;;;;;;;;12*1H2/q;;7*+2;;;;;;;;;;;;/p-14. The number of rotatable bonds is 0. The van der Waals surface area contributed by atoms with Gasteiger partial charge in [0.2, 0.25) is 0 Å².